The van der Waals surface area contributed by atoms with Crippen LogP contribution in [0.25, 0.3) is 0 Å². The molecular weight excluding hydrogens is 228 g/mol. The lowest BCUT2D eigenvalue weighted by Gasteiger charge is -2.14. The molecule has 1 aromatic carbocycles. The summed E-state index contributed by atoms with van der Waals surface area (Å²) in [5, 5.41) is 7.38. The van der Waals surface area contributed by atoms with Gasteiger partial charge in [0.25, 0.3) is 0 Å². The third-order valence-corrected chi connectivity index (χ3v) is 2.73. The third-order valence-electron chi connectivity index (χ3n) is 2.73. The summed E-state index contributed by atoms with van der Waals surface area (Å²) in [5.41, 5.74) is 8.40. The van der Waals surface area contributed by atoms with Gasteiger partial charge in [-0.05, 0) is 38.0 Å². The van der Waals surface area contributed by atoms with Crippen molar-refractivity contribution in [3.05, 3.63) is 34.9 Å². The van der Waals surface area contributed by atoms with Gasteiger partial charge < -0.3 is 15.2 Å². The molecule has 0 aliphatic carbocycles. The van der Waals surface area contributed by atoms with E-state index in [0.29, 0.717) is 19.8 Å². The summed E-state index contributed by atoms with van der Waals surface area (Å²) >= 11 is 0. The molecule has 0 radical (unpaired) electrons. The summed E-state index contributed by atoms with van der Waals surface area (Å²) in [5.74, 6) is 0.0929. The van der Waals surface area contributed by atoms with E-state index in [1.165, 1.54) is 0 Å². The molecule has 100 valence electrons. The summed E-state index contributed by atoms with van der Waals surface area (Å²) in [4.78, 5) is 0. The normalized spacial score (nSPS) is 12.4. The molecule has 0 bridgehead atoms. The average Bonchev–Trinajstić information content (AvgIpc) is 2.34. The highest BCUT2D eigenvalue weighted by molar-refractivity contribution is 5.95. The van der Waals surface area contributed by atoms with Gasteiger partial charge in [0.2, 0.25) is 0 Å². The molecule has 0 amide bonds. The molecule has 3 N–H and O–H groups in total. The van der Waals surface area contributed by atoms with Crippen LogP contribution in [0, 0.1) is 12.3 Å². The molecule has 1 aromatic rings. The highest BCUT2D eigenvalue weighted by Gasteiger charge is 2.06. The minimum atomic E-state index is 0.0804. The van der Waals surface area contributed by atoms with Crippen molar-refractivity contribution in [2.75, 3.05) is 13.2 Å². The molecule has 1 atom stereocenters. The van der Waals surface area contributed by atoms with Crippen molar-refractivity contribution >= 4 is 5.84 Å². The van der Waals surface area contributed by atoms with Crippen molar-refractivity contribution in [3.8, 4) is 0 Å². The number of benzene rings is 1. The zero-order chi connectivity index (χ0) is 13.5. The molecule has 4 heteroatoms. The molecule has 0 aliphatic heterocycles. The van der Waals surface area contributed by atoms with Crippen molar-refractivity contribution in [2.24, 2.45) is 5.73 Å². The Morgan fingerprint density at radius 2 is 2.17 bits per heavy atom. The topological polar surface area (TPSA) is 68.3 Å². The molecule has 18 heavy (non-hydrogen) atoms. The quantitative estimate of drug-likeness (QED) is 0.576. The predicted molar refractivity (Wildman–Crippen MR) is 72.9 cm³/mol. The van der Waals surface area contributed by atoms with Gasteiger partial charge in [-0.25, -0.2) is 0 Å². The predicted octanol–water partition coefficient (Wildman–Crippen LogP) is 2.22. The van der Waals surface area contributed by atoms with Crippen LogP contribution in [0.4, 0.5) is 0 Å². The Bertz CT molecular complexity index is 405. The summed E-state index contributed by atoms with van der Waals surface area (Å²) in [7, 11) is 0. The first-order valence-corrected chi connectivity index (χ1v) is 6.17. The molecule has 0 spiro atoms. The third kappa shape index (κ3) is 4.47. The number of hydrogen-bond donors (Lipinski definition) is 2. The number of amidine groups is 1. The number of hydrogen-bond acceptors (Lipinski definition) is 3. The average molecular weight is 250 g/mol. The van der Waals surface area contributed by atoms with Gasteiger partial charge in [0.15, 0.2) is 0 Å². The molecule has 0 saturated heterocycles. The van der Waals surface area contributed by atoms with Crippen LogP contribution >= 0.6 is 0 Å². The Hall–Kier alpha value is -1.39. The minimum Gasteiger partial charge on any atom is -0.384 e. The smallest absolute Gasteiger partial charge is 0.122 e. The Morgan fingerprint density at radius 3 is 2.72 bits per heavy atom. The van der Waals surface area contributed by atoms with E-state index >= 15 is 0 Å². The monoisotopic (exact) mass is 250 g/mol. The highest BCUT2D eigenvalue weighted by Crippen LogP contribution is 2.13. The van der Waals surface area contributed by atoms with Crippen LogP contribution in [0.15, 0.2) is 18.2 Å². The van der Waals surface area contributed by atoms with Crippen LogP contribution in [-0.2, 0) is 16.1 Å². The van der Waals surface area contributed by atoms with Crippen molar-refractivity contribution < 1.29 is 9.47 Å². The Kier molecular flexibility index (Phi) is 5.82. The van der Waals surface area contributed by atoms with Gasteiger partial charge in [-0.1, -0.05) is 12.1 Å². The second-order valence-corrected chi connectivity index (χ2v) is 4.34. The number of nitrogens with two attached hydrogens (primary N) is 1. The maximum absolute atomic E-state index is 7.38. The van der Waals surface area contributed by atoms with Gasteiger partial charge in [-0.15, -0.1) is 0 Å². The minimum absolute atomic E-state index is 0.0804. The lowest BCUT2D eigenvalue weighted by Crippen LogP contribution is -2.16. The SMILES string of the molecule is CCOCC(C)OCc1ccc(C(=N)N)cc1C. The number of rotatable bonds is 7. The van der Waals surface area contributed by atoms with Gasteiger partial charge in [0, 0.05) is 12.2 Å². The zero-order valence-electron chi connectivity index (χ0n) is 11.3. The van der Waals surface area contributed by atoms with Gasteiger partial charge in [0.05, 0.1) is 19.3 Å². The van der Waals surface area contributed by atoms with Crippen molar-refractivity contribution in [2.45, 2.75) is 33.5 Å². The van der Waals surface area contributed by atoms with Crippen LogP contribution < -0.4 is 5.73 Å². The van der Waals surface area contributed by atoms with E-state index in [2.05, 4.69) is 0 Å². The van der Waals surface area contributed by atoms with E-state index in [9.17, 15) is 0 Å². The summed E-state index contributed by atoms with van der Waals surface area (Å²) < 4.78 is 11.0. The first-order valence-electron chi connectivity index (χ1n) is 6.17. The summed E-state index contributed by atoms with van der Waals surface area (Å²) in [6.45, 7) is 7.84. The van der Waals surface area contributed by atoms with E-state index in [-0.39, 0.29) is 11.9 Å². The second kappa shape index (κ2) is 7.13. The molecule has 1 rings (SSSR count). The van der Waals surface area contributed by atoms with E-state index in [1.54, 1.807) is 0 Å². The zero-order valence-corrected chi connectivity index (χ0v) is 11.3. The Morgan fingerprint density at radius 1 is 1.44 bits per heavy atom. The number of nitrogens with one attached hydrogen (secondary N) is 1. The van der Waals surface area contributed by atoms with Crippen LogP contribution in [0.3, 0.4) is 0 Å². The molecule has 0 aromatic heterocycles. The fourth-order valence-corrected chi connectivity index (χ4v) is 1.59. The van der Waals surface area contributed by atoms with Gasteiger partial charge in [0.1, 0.15) is 5.84 Å². The van der Waals surface area contributed by atoms with Crippen molar-refractivity contribution in [1.82, 2.24) is 0 Å². The molecule has 0 heterocycles. The van der Waals surface area contributed by atoms with Gasteiger partial charge in [-0.3, -0.25) is 5.41 Å². The molecule has 1 unspecified atom stereocenters. The largest absolute Gasteiger partial charge is 0.384 e. The Balaban J connectivity index is 2.55. The van der Waals surface area contributed by atoms with Crippen molar-refractivity contribution in [3.63, 3.8) is 0 Å². The molecular formula is C14H22N2O2. The lowest BCUT2D eigenvalue weighted by atomic mass is 10.1. The van der Waals surface area contributed by atoms with E-state index < -0.39 is 0 Å². The molecule has 0 fully saturated rings. The van der Waals surface area contributed by atoms with Crippen LogP contribution in [0.1, 0.15) is 30.5 Å². The van der Waals surface area contributed by atoms with Crippen molar-refractivity contribution in [1.29, 1.82) is 5.41 Å². The highest BCUT2D eigenvalue weighted by atomic mass is 16.5. The summed E-state index contributed by atoms with van der Waals surface area (Å²) in [6.07, 6.45) is 0.0804. The fourth-order valence-electron chi connectivity index (χ4n) is 1.59. The van der Waals surface area contributed by atoms with E-state index in [0.717, 1.165) is 16.7 Å². The van der Waals surface area contributed by atoms with Crippen LogP contribution in [-0.4, -0.2) is 25.2 Å². The number of aryl methyl sites for hydroxylation is 1. The maximum atomic E-state index is 7.38. The Labute approximate surface area is 109 Å². The summed E-state index contributed by atoms with van der Waals surface area (Å²) in [6, 6.07) is 5.72. The van der Waals surface area contributed by atoms with Gasteiger partial charge in [-0.2, -0.15) is 0 Å². The molecule has 0 aliphatic rings. The van der Waals surface area contributed by atoms with E-state index in [4.69, 9.17) is 20.6 Å². The first kappa shape index (κ1) is 14.7. The number of ether oxygens (including phenoxy) is 2. The first-order chi connectivity index (χ1) is 8.54. The van der Waals surface area contributed by atoms with E-state index in [1.807, 2.05) is 39.0 Å². The fraction of sp³-hybridized carbons (Fsp3) is 0.500. The van der Waals surface area contributed by atoms with Crippen LogP contribution in [0.5, 0.6) is 0 Å². The standard InChI is InChI=1S/C14H22N2O2/c1-4-17-8-11(3)18-9-13-6-5-12(14(15)16)7-10(13)2/h5-7,11H,4,8-9H2,1-3H3,(H3,15,16). The molecule has 0 saturated carbocycles. The second-order valence-electron chi connectivity index (χ2n) is 4.34. The molecule has 4 nitrogen and oxygen atoms in total. The van der Waals surface area contributed by atoms with Gasteiger partial charge >= 0.3 is 0 Å². The van der Waals surface area contributed by atoms with Crippen LogP contribution in [0.2, 0.25) is 0 Å². The maximum Gasteiger partial charge on any atom is 0.122 e. The number of nitrogen functional groups attached to an aromatic ring is 1. The lowest BCUT2D eigenvalue weighted by molar-refractivity contribution is -0.0118.